The number of sulfonamides is 1. The molecule has 0 spiro atoms. The first-order chi connectivity index (χ1) is 9.39. The largest absolute Gasteiger partial charge is 0.262 e. The van der Waals surface area contributed by atoms with Gasteiger partial charge in [0.05, 0.1) is 0 Å². The van der Waals surface area contributed by atoms with E-state index in [9.17, 15) is 8.42 Å². The van der Waals surface area contributed by atoms with E-state index in [1.54, 1.807) is 19.3 Å². The van der Waals surface area contributed by atoms with Crippen LogP contribution < -0.4 is 0 Å². The molecule has 4 nitrogen and oxygen atoms in total. The van der Waals surface area contributed by atoms with Gasteiger partial charge in [0, 0.05) is 30.5 Å². The van der Waals surface area contributed by atoms with Crippen molar-refractivity contribution in [2.24, 2.45) is 0 Å². The van der Waals surface area contributed by atoms with Crippen molar-refractivity contribution in [2.75, 3.05) is 7.05 Å². The fourth-order valence-corrected chi connectivity index (χ4v) is 3.53. The van der Waals surface area contributed by atoms with Gasteiger partial charge in [-0.15, -0.1) is 0 Å². The van der Waals surface area contributed by atoms with Crippen LogP contribution in [0.4, 0.5) is 0 Å². The zero-order valence-corrected chi connectivity index (χ0v) is 13.6. The minimum Gasteiger partial charge on any atom is -0.262 e. The first-order valence-electron chi connectivity index (χ1n) is 6.02. The normalized spacial score (nSPS) is 11.8. The molecule has 0 unspecified atom stereocenters. The molecule has 106 valence electrons. The molecule has 0 atom stereocenters. The van der Waals surface area contributed by atoms with Crippen molar-refractivity contribution in [3.63, 3.8) is 0 Å². The Morgan fingerprint density at radius 3 is 2.65 bits per heavy atom. The van der Waals surface area contributed by atoms with Crippen LogP contribution in [0.15, 0.2) is 52.1 Å². The summed E-state index contributed by atoms with van der Waals surface area (Å²) < 4.78 is 26.8. The molecule has 1 heterocycles. The quantitative estimate of drug-likeness (QED) is 0.847. The summed E-state index contributed by atoms with van der Waals surface area (Å²) in [6, 6.07) is 9.35. The van der Waals surface area contributed by atoms with Crippen molar-refractivity contribution in [1.29, 1.82) is 0 Å². The van der Waals surface area contributed by atoms with E-state index in [1.807, 2.05) is 31.2 Å². The second kappa shape index (κ2) is 6.03. The van der Waals surface area contributed by atoms with Crippen LogP contribution in [0.3, 0.4) is 0 Å². The number of nitrogens with zero attached hydrogens (tertiary/aromatic N) is 2. The summed E-state index contributed by atoms with van der Waals surface area (Å²) in [5, 5.41) is 0. The lowest BCUT2D eigenvalue weighted by Crippen LogP contribution is -2.26. The Kier molecular flexibility index (Phi) is 4.57. The van der Waals surface area contributed by atoms with Gasteiger partial charge in [0.1, 0.15) is 4.90 Å². The summed E-state index contributed by atoms with van der Waals surface area (Å²) in [6.45, 7) is 2.31. The van der Waals surface area contributed by atoms with Gasteiger partial charge in [0.2, 0.25) is 10.0 Å². The predicted molar refractivity (Wildman–Crippen MR) is 81.8 cm³/mol. The van der Waals surface area contributed by atoms with Gasteiger partial charge in [-0.05, 0) is 34.5 Å². The Labute approximate surface area is 127 Å². The summed E-state index contributed by atoms with van der Waals surface area (Å²) in [5.74, 6) is 0. The lowest BCUT2D eigenvalue weighted by Gasteiger charge is -2.17. The predicted octanol–water partition coefficient (Wildman–Crippen LogP) is 2.97. The van der Waals surface area contributed by atoms with Crippen LogP contribution in [0.25, 0.3) is 0 Å². The van der Waals surface area contributed by atoms with E-state index >= 15 is 0 Å². The highest BCUT2D eigenvalue weighted by atomic mass is 79.9. The molecule has 2 aromatic rings. The van der Waals surface area contributed by atoms with E-state index in [0.717, 1.165) is 11.1 Å². The van der Waals surface area contributed by atoms with Gasteiger partial charge < -0.3 is 0 Å². The third-order valence-electron chi connectivity index (χ3n) is 2.88. The number of aromatic nitrogens is 1. The Morgan fingerprint density at radius 2 is 2.00 bits per heavy atom. The van der Waals surface area contributed by atoms with Crippen LogP contribution >= 0.6 is 15.9 Å². The van der Waals surface area contributed by atoms with Crippen molar-refractivity contribution in [1.82, 2.24) is 9.29 Å². The van der Waals surface area contributed by atoms with Crippen LogP contribution in [-0.4, -0.2) is 24.8 Å². The molecule has 6 heteroatoms. The molecular formula is C14H15BrN2O2S. The van der Waals surface area contributed by atoms with Gasteiger partial charge in [-0.1, -0.05) is 29.8 Å². The fourth-order valence-electron chi connectivity index (χ4n) is 1.87. The molecule has 1 aromatic heterocycles. The number of pyridine rings is 1. The number of benzene rings is 1. The average Bonchev–Trinajstić information content (AvgIpc) is 2.38. The number of aryl methyl sites for hydroxylation is 1. The zero-order valence-electron chi connectivity index (χ0n) is 11.2. The monoisotopic (exact) mass is 354 g/mol. The van der Waals surface area contributed by atoms with Crippen molar-refractivity contribution in [2.45, 2.75) is 18.4 Å². The highest BCUT2D eigenvalue weighted by Gasteiger charge is 2.21. The number of rotatable bonds is 4. The maximum absolute atomic E-state index is 12.4. The van der Waals surface area contributed by atoms with Crippen molar-refractivity contribution < 1.29 is 8.42 Å². The van der Waals surface area contributed by atoms with Gasteiger partial charge in [0.15, 0.2) is 0 Å². The third-order valence-corrected chi connectivity index (χ3v) is 5.08. The lowest BCUT2D eigenvalue weighted by atomic mass is 10.1. The molecule has 0 radical (unpaired) electrons. The molecule has 0 aliphatic carbocycles. The Morgan fingerprint density at radius 1 is 1.25 bits per heavy atom. The SMILES string of the molecule is Cc1cccc(CN(C)S(=O)(=O)c2cncc(Br)c2)c1. The van der Waals surface area contributed by atoms with E-state index in [2.05, 4.69) is 20.9 Å². The van der Waals surface area contributed by atoms with E-state index in [0.29, 0.717) is 11.0 Å². The second-order valence-corrected chi connectivity index (χ2v) is 7.55. The standard InChI is InChI=1S/C14H15BrN2O2S/c1-11-4-3-5-12(6-11)10-17(2)20(18,19)14-7-13(15)8-16-9-14/h3-9H,10H2,1-2H3. The highest BCUT2D eigenvalue weighted by molar-refractivity contribution is 9.10. The van der Waals surface area contributed by atoms with Crippen LogP contribution in [-0.2, 0) is 16.6 Å². The zero-order chi connectivity index (χ0) is 14.8. The summed E-state index contributed by atoms with van der Waals surface area (Å²) >= 11 is 3.23. The first-order valence-corrected chi connectivity index (χ1v) is 8.25. The maximum atomic E-state index is 12.4. The topological polar surface area (TPSA) is 50.3 Å². The molecule has 0 aliphatic heterocycles. The Balaban J connectivity index is 2.26. The molecule has 0 saturated heterocycles. The Bertz CT molecular complexity index is 717. The minimum atomic E-state index is -3.53. The fraction of sp³-hybridized carbons (Fsp3) is 0.214. The molecule has 0 N–H and O–H groups in total. The van der Waals surface area contributed by atoms with Gasteiger partial charge in [-0.25, -0.2) is 8.42 Å². The van der Waals surface area contributed by atoms with Crippen LogP contribution in [0.1, 0.15) is 11.1 Å². The highest BCUT2D eigenvalue weighted by Crippen LogP contribution is 2.19. The molecule has 0 aliphatic rings. The molecule has 0 fully saturated rings. The van der Waals surface area contributed by atoms with Gasteiger partial charge in [-0.2, -0.15) is 4.31 Å². The van der Waals surface area contributed by atoms with Gasteiger partial charge >= 0.3 is 0 Å². The van der Waals surface area contributed by atoms with E-state index in [4.69, 9.17) is 0 Å². The first kappa shape index (κ1) is 15.2. The minimum absolute atomic E-state index is 0.182. The molecule has 20 heavy (non-hydrogen) atoms. The molecule has 0 amide bonds. The molecule has 2 rings (SSSR count). The molecular weight excluding hydrogens is 340 g/mol. The van der Waals surface area contributed by atoms with Crippen LogP contribution in [0, 0.1) is 6.92 Å². The summed E-state index contributed by atoms with van der Waals surface area (Å²) in [6.07, 6.45) is 2.91. The van der Waals surface area contributed by atoms with E-state index < -0.39 is 10.0 Å². The molecule has 0 bridgehead atoms. The van der Waals surface area contributed by atoms with Gasteiger partial charge in [-0.3, -0.25) is 4.98 Å². The van der Waals surface area contributed by atoms with Crippen molar-refractivity contribution in [3.8, 4) is 0 Å². The van der Waals surface area contributed by atoms with E-state index in [-0.39, 0.29) is 4.90 Å². The maximum Gasteiger partial charge on any atom is 0.244 e. The average molecular weight is 355 g/mol. The van der Waals surface area contributed by atoms with Crippen LogP contribution in [0.5, 0.6) is 0 Å². The summed E-state index contributed by atoms with van der Waals surface area (Å²) in [5.41, 5.74) is 2.07. The molecule has 0 saturated carbocycles. The van der Waals surface area contributed by atoms with Crippen molar-refractivity contribution >= 4 is 26.0 Å². The summed E-state index contributed by atoms with van der Waals surface area (Å²) in [4.78, 5) is 4.08. The Hall–Kier alpha value is -1.24. The van der Waals surface area contributed by atoms with E-state index in [1.165, 1.54) is 10.5 Å². The number of hydrogen-bond donors (Lipinski definition) is 0. The molecule has 1 aromatic carbocycles. The van der Waals surface area contributed by atoms with Crippen molar-refractivity contribution in [3.05, 3.63) is 58.3 Å². The smallest absolute Gasteiger partial charge is 0.244 e. The third kappa shape index (κ3) is 3.45. The number of hydrogen-bond acceptors (Lipinski definition) is 3. The lowest BCUT2D eigenvalue weighted by molar-refractivity contribution is 0.466. The van der Waals surface area contributed by atoms with Crippen LogP contribution in [0.2, 0.25) is 0 Å². The second-order valence-electron chi connectivity index (χ2n) is 4.59. The number of halogens is 1. The summed E-state index contributed by atoms with van der Waals surface area (Å²) in [7, 11) is -1.96. The van der Waals surface area contributed by atoms with Gasteiger partial charge in [0.25, 0.3) is 0 Å².